The molecule has 17 heavy (non-hydrogen) atoms. The number of aromatic nitrogens is 2. The first kappa shape index (κ1) is 11.2. The van der Waals surface area contributed by atoms with E-state index in [2.05, 4.69) is 15.5 Å². The average molecular weight is 230 g/mol. The van der Waals surface area contributed by atoms with Crippen LogP contribution in [0.3, 0.4) is 0 Å². The number of amides is 2. The number of carbonyl (C=O) groups is 1. The topological polar surface area (TPSA) is 61.0 Å². The van der Waals surface area contributed by atoms with Crippen molar-refractivity contribution in [1.29, 1.82) is 0 Å². The Balaban J connectivity index is 2.20. The summed E-state index contributed by atoms with van der Waals surface area (Å²) in [5.74, 6) is 0. The number of rotatable bonds is 2. The van der Waals surface area contributed by atoms with E-state index in [1.807, 2.05) is 30.3 Å². The number of anilines is 1. The van der Waals surface area contributed by atoms with Crippen molar-refractivity contribution in [2.45, 2.75) is 0 Å². The zero-order chi connectivity index (χ0) is 12.3. The molecule has 5 heteroatoms. The molecule has 0 aliphatic heterocycles. The van der Waals surface area contributed by atoms with E-state index >= 15 is 0 Å². The minimum Gasteiger partial charge on any atom is -0.331 e. The van der Waals surface area contributed by atoms with E-state index in [1.165, 1.54) is 4.90 Å². The van der Waals surface area contributed by atoms with E-state index in [0.717, 1.165) is 16.9 Å². The maximum Gasteiger partial charge on any atom is 0.321 e. The van der Waals surface area contributed by atoms with Gasteiger partial charge in [0.1, 0.15) is 0 Å². The maximum atomic E-state index is 11.5. The fraction of sp³-hybridized carbons (Fsp3) is 0.167. The van der Waals surface area contributed by atoms with Crippen molar-refractivity contribution in [1.82, 2.24) is 15.1 Å². The fourth-order valence-electron chi connectivity index (χ4n) is 1.42. The number of aromatic amines is 1. The van der Waals surface area contributed by atoms with Gasteiger partial charge >= 0.3 is 6.03 Å². The zero-order valence-electron chi connectivity index (χ0n) is 9.77. The van der Waals surface area contributed by atoms with Gasteiger partial charge in [0.25, 0.3) is 0 Å². The van der Waals surface area contributed by atoms with E-state index in [0.29, 0.717) is 0 Å². The second-order valence-corrected chi connectivity index (χ2v) is 3.88. The van der Waals surface area contributed by atoms with Crippen LogP contribution in [-0.2, 0) is 0 Å². The number of nitrogens with one attached hydrogen (secondary N) is 2. The summed E-state index contributed by atoms with van der Waals surface area (Å²) in [7, 11) is 3.40. The molecule has 1 heterocycles. The van der Waals surface area contributed by atoms with Gasteiger partial charge in [0.05, 0.1) is 5.69 Å². The monoisotopic (exact) mass is 230 g/mol. The summed E-state index contributed by atoms with van der Waals surface area (Å²) in [5.41, 5.74) is 2.67. The molecule has 0 aliphatic carbocycles. The SMILES string of the molecule is CN(C)C(=O)Nc1cccc(-c2ccn[nH]2)c1. The second kappa shape index (κ2) is 4.69. The molecule has 0 spiro atoms. The summed E-state index contributed by atoms with van der Waals surface area (Å²) in [6.07, 6.45) is 1.69. The second-order valence-electron chi connectivity index (χ2n) is 3.88. The fourth-order valence-corrected chi connectivity index (χ4v) is 1.42. The normalized spacial score (nSPS) is 10.0. The summed E-state index contributed by atoms with van der Waals surface area (Å²) < 4.78 is 0. The Bertz CT molecular complexity index is 505. The molecule has 2 amide bonds. The van der Waals surface area contributed by atoms with E-state index < -0.39 is 0 Å². The predicted molar refractivity (Wildman–Crippen MR) is 66.7 cm³/mol. The van der Waals surface area contributed by atoms with Gasteiger partial charge in [0.15, 0.2) is 0 Å². The summed E-state index contributed by atoms with van der Waals surface area (Å²) >= 11 is 0. The van der Waals surface area contributed by atoms with E-state index in [4.69, 9.17) is 0 Å². The highest BCUT2D eigenvalue weighted by Crippen LogP contribution is 2.20. The number of hydrogen-bond donors (Lipinski definition) is 2. The first-order chi connectivity index (χ1) is 8.16. The summed E-state index contributed by atoms with van der Waals surface area (Å²) in [4.78, 5) is 13.0. The molecule has 2 N–H and O–H groups in total. The van der Waals surface area contributed by atoms with Crippen molar-refractivity contribution in [2.24, 2.45) is 0 Å². The van der Waals surface area contributed by atoms with Crippen molar-refractivity contribution in [3.63, 3.8) is 0 Å². The molecular weight excluding hydrogens is 216 g/mol. The highest BCUT2D eigenvalue weighted by Gasteiger charge is 2.05. The third-order valence-electron chi connectivity index (χ3n) is 2.33. The molecular formula is C12H14N4O. The Morgan fingerprint density at radius 3 is 2.82 bits per heavy atom. The number of urea groups is 1. The van der Waals surface area contributed by atoms with Crippen LogP contribution >= 0.6 is 0 Å². The molecule has 0 radical (unpaired) electrons. The zero-order valence-corrected chi connectivity index (χ0v) is 9.77. The maximum absolute atomic E-state index is 11.5. The van der Waals surface area contributed by atoms with Crippen LogP contribution in [0.15, 0.2) is 36.5 Å². The van der Waals surface area contributed by atoms with Crippen molar-refractivity contribution >= 4 is 11.7 Å². The van der Waals surface area contributed by atoms with Gasteiger partial charge in [0.2, 0.25) is 0 Å². The largest absolute Gasteiger partial charge is 0.331 e. The molecule has 0 aliphatic rings. The minimum absolute atomic E-state index is 0.147. The Morgan fingerprint density at radius 2 is 2.18 bits per heavy atom. The van der Waals surface area contributed by atoms with Crippen LogP contribution in [-0.4, -0.2) is 35.2 Å². The molecule has 0 bridgehead atoms. The minimum atomic E-state index is -0.147. The number of benzene rings is 1. The van der Waals surface area contributed by atoms with Crippen molar-refractivity contribution < 1.29 is 4.79 Å². The first-order valence-electron chi connectivity index (χ1n) is 5.25. The Kier molecular flexibility index (Phi) is 3.09. The summed E-state index contributed by atoms with van der Waals surface area (Å²) in [6.45, 7) is 0. The van der Waals surface area contributed by atoms with Crippen LogP contribution < -0.4 is 5.32 Å². The van der Waals surface area contributed by atoms with Crippen LogP contribution in [0.5, 0.6) is 0 Å². The smallest absolute Gasteiger partial charge is 0.321 e. The molecule has 2 aromatic rings. The molecule has 0 saturated carbocycles. The van der Waals surface area contributed by atoms with E-state index in [-0.39, 0.29) is 6.03 Å². The van der Waals surface area contributed by atoms with Crippen LogP contribution in [0, 0.1) is 0 Å². The molecule has 5 nitrogen and oxygen atoms in total. The number of carbonyl (C=O) groups excluding carboxylic acids is 1. The molecule has 0 fully saturated rings. The highest BCUT2D eigenvalue weighted by atomic mass is 16.2. The molecule has 0 unspecified atom stereocenters. The van der Waals surface area contributed by atoms with Crippen LogP contribution in [0.25, 0.3) is 11.3 Å². The van der Waals surface area contributed by atoms with Gasteiger partial charge in [-0.05, 0) is 18.2 Å². The predicted octanol–water partition coefficient (Wildman–Crippen LogP) is 2.17. The lowest BCUT2D eigenvalue weighted by atomic mass is 10.1. The van der Waals surface area contributed by atoms with E-state index in [1.54, 1.807) is 20.3 Å². The van der Waals surface area contributed by atoms with Gasteiger partial charge in [-0.1, -0.05) is 12.1 Å². The molecule has 88 valence electrons. The Morgan fingerprint density at radius 1 is 1.35 bits per heavy atom. The van der Waals surface area contributed by atoms with Crippen LogP contribution in [0.4, 0.5) is 10.5 Å². The van der Waals surface area contributed by atoms with Gasteiger partial charge in [-0.3, -0.25) is 5.10 Å². The third-order valence-corrected chi connectivity index (χ3v) is 2.33. The average Bonchev–Trinajstić information content (AvgIpc) is 2.82. The molecule has 0 atom stereocenters. The molecule has 0 saturated heterocycles. The number of hydrogen-bond acceptors (Lipinski definition) is 2. The van der Waals surface area contributed by atoms with Crippen molar-refractivity contribution in [3.8, 4) is 11.3 Å². The third kappa shape index (κ3) is 2.63. The molecule has 1 aromatic heterocycles. The van der Waals surface area contributed by atoms with E-state index in [9.17, 15) is 4.79 Å². The van der Waals surface area contributed by atoms with Gasteiger partial charge < -0.3 is 10.2 Å². The Hall–Kier alpha value is -2.30. The number of nitrogens with zero attached hydrogens (tertiary/aromatic N) is 2. The van der Waals surface area contributed by atoms with Crippen molar-refractivity contribution in [3.05, 3.63) is 36.5 Å². The first-order valence-corrected chi connectivity index (χ1v) is 5.25. The van der Waals surface area contributed by atoms with Crippen LogP contribution in [0.1, 0.15) is 0 Å². The lowest BCUT2D eigenvalue weighted by Gasteiger charge is -2.12. The van der Waals surface area contributed by atoms with Crippen molar-refractivity contribution in [2.75, 3.05) is 19.4 Å². The Labute approximate surface area is 99.5 Å². The lowest BCUT2D eigenvalue weighted by molar-refractivity contribution is 0.230. The van der Waals surface area contributed by atoms with Crippen LogP contribution in [0.2, 0.25) is 0 Å². The summed E-state index contributed by atoms with van der Waals surface area (Å²) in [6, 6.07) is 9.33. The van der Waals surface area contributed by atoms with Gasteiger partial charge in [-0.25, -0.2) is 4.79 Å². The molecule has 2 rings (SSSR count). The quantitative estimate of drug-likeness (QED) is 0.830. The number of H-pyrrole nitrogens is 1. The summed E-state index contributed by atoms with van der Waals surface area (Å²) in [5, 5.41) is 9.58. The van der Waals surface area contributed by atoms with Gasteiger partial charge in [-0.2, -0.15) is 5.10 Å². The standard InChI is InChI=1S/C12H14N4O/c1-16(2)12(17)14-10-5-3-4-9(8-10)11-6-7-13-15-11/h3-8H,1-2H3,(H,13,15)(H,14,17). The molecule has 1 aromatic carbocycles. The lowest BCUT2D eigenvalue weighted by Crippen LogP contribution is -2.27. The van der Waals surface area contributed by atoms with Gasteiger partial charge in [0, 0.05) is 31.5 Å². The van der Waals surface area contributed by atoms with Gasteiger partial charge in [-0.15, -0.1) is 0 Å². The highest BCUT2D eigenvalue weighted by molar-refractivity contribution is 5.89.